The quantitative estimate of drug-likeness (QED) is 0.0356. The second-order valence-corrected chi connectivity index (χ2v) is 37.2. The van der Waals surface area contributed by atoms with E-state index in [1.54, 1.807) is 22.7 Å². The van der Waals surface area contributed by atoms with Crippen LogP contribution in [0.25, 0.3) is 50.4 Å². The number of carbonyl (C=O) groups excluding carboxylic acids is 2. The Kier molecular flexibility index (Phi) is 37.7. The van der Waals surface area contributed by atoms with Crippen molar-refractivity contribution in [3.8, 4) is 39.0 Å². The van der Waals surface area contributed by atoms with Crippen molar-refractivity contribution in [1.82, 2.24) is 19.8 Å². The molecule has 0 bridgehead atoms. The van der Waals surface area contributed by atoms with Crippen molar-refractivity contribution in [1.29, 1.82) is 0 Å². The standard InChI is InChI=1S/C94H130N4O2S6/c1-5-9-13-17-21-25-27-31-35-41-55-75(53-39-33-29-23-19-15-11-7-3)69-97-89(91-95-67-85(105-91)81-63-61-79(103-81)83-65-77(71-101-83)59-47-57-73-49-43-37-44-50-73)87-88(93(97)99)90(92-96-68-86(106-92)82-64-62-80(104-82)84-66-78(72-102-84)60-48-58-74-51-45-38-46-52-74)98(94(87)100)70-76(54-40-34-30-24-20-16-12-8-4)56-42-36-32-28-26-22-18-14-10-6-2/h37-38,43-46,49-52,61-68,71-72,75-76H,5-36,39-42,47-48,53-60,69-70H2,1-4H3. The van der Waals surface area contributed by atoms with Gasteiger partial charge in [-0.2, -0.15) is 0 Å². The van der Waals surface area contributed by atoms with E-state index in [0.717, 1.165) is 95.4 Å². The number of thiophene rings is 4. The smallest absolute Gasteiger partial charge is 0.261 e. The van der Waals surface area contributed by atoms with E-state index < -0.39 is 0 Å². The lowest BCUT2D eigenvalue weighted by molar-refractivity contribution is -0.124. The van der Waals surface area contributed by atoms with Crippen molar-refractivity contribution < 1.29 is 9.59 Å². The highest BCUT2D eigenvalue weighted by Gasteiger charge is 2.51. The van der Waals surface area contributed by atoms with E-state index in [1.165, 1.54) is 283 Å². The zero-order valence-electron chi connectivity index (χ0n) is 65.7. The topological polar surface area (TPSA) is 66.4 Å². The molecule has 0 fully saturated rings. The summed E-state index contributed by atoms with van der Waals surface area (Å²) in [5.74, 6) is 0.547. The second-order valence-electron chi connectivity index (χ2n) is 31.2. The van der Waals surface area contributed by atoms with Crippen LogP contribution in [-0.4, -0.2) is 44.7 Å². The molecule has 8 aromatic rings. The van der Waals surface area contributed by atoms with Gasteiger partial charge < -0.3 is 9.80 Å². The molecular formula is C94H130N4O2S6. The number of thiazole rings is 2. The molecule has 0 N–H and O–H groups in total. The van der Waals surface area contributed by atoms with Crippen LogP contribution in [0.4, 0.5) is 0 Å². The SMILES string of the molecule is CCCCCCCCCCCCC(CCCCCCCCCC)CN1C(=O)C2=C(c3ncc(-c4ccc(-c5cc(CCCc6ccccc6)cs5)s4)s3)N(CC(CCCCCCCCCC)CCCCCCCCCCCC)C(=O)C2=C1c1ncc(-c2ccc(-c3cc(CCCc4ccccc4)cs3)s2)s1. The summed E-state index contributed by atoms with van der Waals surface area (Å²) in [4.78, 5) is 57.7. The Morgan fingerprint density at radius 1 is 0.302 bits per heavy atom. The Bertz CT molecular complexity index is 3570. The first-order valence-corrected chi connectivity index (χ1v) is 47.8. The normalized spacial score (nSPS) is 13.8. The van der Waals surface area contributed by atoms with Gasteiger partial charge in [0.05, 0.1) is 32.3 Å². The van der Waals surface area contributed by atoms with Crippen molar-refractivity contribution in [3.05, 3.63) is 164 Å². The third-order valence-electron chi connectivity index (χ3n) is 22.4. The number of nitrogens with zero attached hydrogens (tertiary/aromatic N) is 4. The van der Waals surface area contributed by atoms with Crippen molar-refractivity contribution >= 4 is 91.2 Å². The Morgan fingerprint density at radius 2 is 0.585 bits per heavy atom. The van der Waals surface area contributed by atoms with Crippen molar-refractivity contribution in [2.24, 2.45) is 11.8 Å². The van der Waals surface area contributed by atoms with E-state index in [4.69, 9.17) is 9.97 Å². The Balaban J connectivity index is 0.980. The van der Waals surface area contributed by atoms with Crippen LogP contribution in [-0.2, 0) is 35.3 Å². The number of unbranched alkanes of at least 4 members (excludes halogenated alkanes) is 32. The predicted octanol–water partition coefficient (Wildman–Crippen LogP) is 30.6. The summed E-state index contributed by atoms with van der Waals surface area (Å²) in [6.45, 7) is 10.4. The highest BCUT2D eigenvalue weighted by atomic mass is 32.1. The van der Waals surface area contributed by atoms with Gasteiger partial charge in [0.1, 0.15) is 10.0 Å². The predicted molar refractivity (Wildman–Crippen MR) is 466 cm³/mol. The molecule has 2 unspecified atom stereocenters. The van der Waals surface area contributed by atoms with Gasteiger partial charge in [0.2, 0.25) is 0 Å². The number of hydrogen-bond acceptors (Lipinski definition) is 10. The molecule has 0 spiro atoms. The Hall–Kier alpha value is -5.08. The lowest BCUT2D eigenvalue weighted by Gasteiger charge is -2.29. The van der Waals surface area contributed by atoms with Gasteiger partial charge in [-0.05, 0) is 145 Å². The minimum absolute atomic E-state index is 0.0333. The first-order chi connectivity index (χ1) is 52.3. The zero-order valence-corrected chi connectivity index (χ0v) is 70.6. The molecule has 0 saturated heterocycles. The highest BCUT2D eigenvalue weighted by molar-refractivity contribution is 7.27. The van der Waals surface area contributed by atoms with E-state index in [2.05, 4.69) is 145 Å². The van der Waals surface area contributed by atoms with Gasteiger partial charge in [-0.3, -0.25) is 9.59 Å². The fraction of sp³-hybridized carbons (Fsp3) is 0.574. The Labute approximate surface area is 665 Å². The number of hydrogen-bond donors (Lipinski definition) is 0. The molecule has 2 atom stereocenters. The molecule has 2 aromatic carbocycles. The van der Waals surface area contributed by atoms with Gasteiger partial charge in [0.25, 0.3) is 11.8 Å². The van der Waals surface area contributed by atoms with Gasteiger partial charge in [0, 0.05) is 54.7 Å². The van der Waals surface area contributed by atoms with Crippen LogP contribution in [0.2, 0.25) is 0 Å². The van der Waals surface area contributed by atoms with Gasteiger partial charge in [-0.15, -0.1) is 68.0 Å². The van der Waals surface area contributed by atoms with Crippen LogP contribution in [0.1, 0.15) is 330 Å². The lowest BCUT2D eigenvalue weighted by atomic mass is 9.93. The summed E-state index contributed by atoms with van der Waals surface area (Å²) in [7, 11) is 0. The first-order valence-electron chi connectivity index (χ1n) is 42.8. The maximum absolute atomic E-state index is 16.6. The van der Waals surface area contributed by atoms with E-state index in [1.807, 2.05) is 57.7 Å². The average molecular weight is 1540 g/mol. The van der Waals surface area contributed by atoms with Gasteiger partial charge >= 0.3 is 0 Å². The summed E-state index contributed by atoms with van der Waals surface area (Å²) in [5.41, 5.74) is 8.21. The average Bonchev–Trinajstić information content (AvgIpc) is 1.55. The number of rotatable bonds is 58. The van der Waals surface area contributed by atoms with Crippen molar-refractivity contribution in [3.63, 3.8) is 0 Å². The molecule has 0 aliphatic carbocycles. The summed E-state index contributed by atoms with van der Waals surface area (Å²) in [6, 6.07) is 35.6. The van der Waals surface area contributed by atoms with Crippen LogP contribution in [0.3, 0.4) is 0 Å². The molecule has 574 valence electrons. The van der Waals surface area contributed by atoms with Crippen LogP contribution >= 0.6 is 68.0 Å². The van der Waals surface area contributed by atoms with E-state index in [0.29, 0.717) is 36.1 Å². The van der Waals surface area contributed by atoms with Crippen LogP contribution in [0.5, 0.6) is 0 Å². The molecule has 6 nitrogen and oxygen atoms in total. The van der Waals surface area contributed by atoms with E-state index in [-0.39, 0.29) is 11.8 Å². The zero-order chi connectivity index (χ0) is 73.6. The maximum atomic E-state index is 16.6. The molecule has 12 heteroatoms. The Morgan fingerprint density at radius 3 is 0.896 bits per heavy atom. The highest BCUT2D eigenvalue weighted by Crippen LogP contribution is 2.51. The van der Waals surface area contributed by atoms with Crippen molar-refractivity contribution in [2.45, 2.75) is 323 Å². The van der Waals surface area contributed by atoms with Crippen molar-refractivity contribution in [2.75, 3.05) is 13.1 Å². The van der Waals surface area contributed by atoms with E-state index in [9.17, 15) is 0 Å². The molecule has 10 rings (SSSR count). The molecule has 2 aliphatic heterocycles. The maximum Gasteiger partial charge on any atom is 0.261 e. The summed E-state index contributed by atoms with van der Waals surface area (Å²) in [6.07, 6.45) is 61.5. The molecule has 6 aromatic heterocycles. The third-order valence-corrected chi connectivity index (χ3v) is 29.3. The molecule has 2 amide bonds. The minimum Gasteiger partial charge on any atom is -0.304 e. The largest absolute Gasteiger partial charge is 0.304 e. The summed E-state index contributed by atoms with van der Waals surface area (Å²) in [5, 5.41) is 6.25. The number of amides is 2. The molecular weight excluding hydrogens is 1410 g/mol. The minimum atomic E-state index is -0.0333. The molecule has 2 aliphatic rings. The lowest BCUT2D eigenvalue weighted by Crippen LogP contribution is -2.35. The van der Waals surface area contributed by atoms with E-state index >= 15 is 9.59 Å². The first kappa shape index (κ1) is 83.4. The second kappa shape index (κ2) is 47.9. The number of aromatic nitrogens is 2. The monoisotopic (exact) mass is 1540 g/mol. The number of benzene rings is 2. The number of fused-ring (bicyclic) bond motifs is 1. The van der Waals surface area contributed by atoms with Gasteiger partial charge in [0.15, 0.2) is 0 Å². The molecule has 8 heterocycles. The van der Waals surface area contributed by atoms with Crippen LogP contribution in [0.15, 0.2) is 131 Å². The fourth-order valence-corrected chi connectivity index (χ4v) is 22.3. The fourth-order valence-electron chi connectivity index (χ4n) is 16.1. The number of aryl methyl sites for hydroxylation is 4. The van der Waals surface area contributed by atoms with Crippen LogP contribution < -0.4 is 0 Å². The summed E-state index contributed by atoms with van der Waals surface area (Å²) >= 11 is 10.7. The number of carbonyl (C=O) groups is 2. The van der Waals surface area contributed by atoms with Gasteiger partial charge in [-0.1, -0.05) is 320 Å². The van der Waals surface area contributed by atoms with Gasteiger partial charge in [-0.25, -0.2) is 9.97 Å². The summed E-state index contributed by atoms with van der Waals surface area (Å²) < 4.78 is 0. The molecule has 106 heavy (non-hydrogen) atoms. The molecule has 0 radical (unpaired) electrons. The van der Waals surface area contributed by atoms with Crippen LogP contribution in [0, 0.1) is 11.8 Å². The third kappa shape index (κ3) is 26.6. The molecule has 0 saturated carbocycles.